The molecule has 0 aromatic heterocycles. The lowest BCUT2D eigenvalue weighted by Crippen LogP contribution is -2.60. The van der Waals surface area contributed by atoms with Gasteiger partial charge in [-0.15, -0.1) is 0 Å². The van der Waals surface area contributed by atoms with Gasteiger partial charge in [-0.05, 0) is 48.2 Å². The zero-order chi connectivity index (χ0) is 23.3. The zero-order valence-corrected chi connectivity index (χ0v) is 19.7. The third-order valence-corrected chi connectivity index (χ3v) is 8.01. The van der Waals surface area contributed by atoms with Crippen LogP contribution in [0.3, 0.4) is 0 Å². The van der Waals surface area contributed by atoms with Crippen LogP contribution in [0.25, 0.3) is 0 Å². The molecule has 0 spiro atoms. The summed E-state index contributed by atoms with van der Waals surface area (Å²) in [5.41, 5.74) is 1.63. The quantitative estimate of drug-likeness (QED) is 0.520. The Hall–Kier alpha value is -1.66. The van der Waals surface area contributed by atoms with Gasteiger partial charge in [-0.3, -0.25) is 9.59 Å². The highest BCUT2D eigenvalue weighted by Gasteiger charge is 2.60. The third-order valence-electron chi connectivity index (χ3n) is 8.01. The highest BCUT2D eigenvalue weighted by molar-refractivity contribution is 5.69. The number of rotatable bonds is 3. The highest BCUT2D eigenvalue weighted by atomic mass is 16.6. The topological polar surface area (TPSA) is 93.1 Å². The molecule has 0 amide bonds. The van der Waals surface area contributed by atoms with Crippen molar-refractivity contribution < 1.29 is 29.3 Å². The average Bonchev–Trinajstić information content (AvgIpc) is 2.62. The fourth-order valence-corrected chi connectivity index (χ4v) is 6.82. The van der Waals surface area contributed by atoms with E-state index in [0.717, 1.165) is 11.1 Å². The Bertz CT molecular complexity index is 796. The highest BCUT2D eigenvalue weighted by Crippen LogP contribution is 2.59. The van der Waals surface area contributed by atoms with Gasteiger partial charge in [0.15, 0.2) is 0 Å². The molecule has 0 saturated heterocycles. The van der Waals surface area contributed by atoms with Crippen LogP contribution in [0.2, 0.25) is 0 Å². The number of hydrogen-bond acceptors (Lipinski definition) is 6. The molecule has 2 N–H and O–H groups in total. The van der Waals surface area contributed by atoms with Gasteiger partial charge < -0.3 is 19.7 Å². The smallest absolute Gasteiger partial charge is 0.305 e. The molecule has 0 aromatic carbocycles. The van der Waals surface area contributed by atoms with Gasteiger partial charge in [-0.2, -0.15) is 0 Å². The fourth-order valence-electron chi connectivity index (χ4n) is 6.82. The third kappa shape index (κ3) is 4.09. The molecule has 7 atom stereocenters. The van der Waals surface area contributed by atoms with Gasteiger partial charge in [-0.1, -0.05) is 39.8 Å². The molecule has 3 aliphatic rings. The largest absolute Gasteiger partial charge is 0.462 e. The zero-order valence-electron chi connectivity index (χ0n) is 19.7. The molecule has 0 heterocycles. The van der Waals surface area contributed by atoms with E-state index >= 15 is 0 Å². The van der Waals surface area contributed by atoms with Gasteiger partial charge in [0.05, 0.1) is 12.2 Å². The number of carbonyl (C=O) groups excluding carboxylic acids is 2. The predicted octanol–water partition coefficient (Wildman–Crippen LogP) is 3.70. The summed E-state index contributed by atoms with van der Waals surface area (Å²) < 4.78 is 11.9. The molecule has 7 unspecified atom stereocenters. The van der Waals surface area contributed by atoms with Crippen LogP contribution in [0.5, 0.6) is 0 Å². The molecule has 0 radical (unpaired) electrons. The molecule has 2 bridgehead atoms. The van der Waals surface area contributed by atoms with E-state index in [0.29, 0.717) is 31.3 Å². The van der Waals surface area contributed by atoms with E-state index in [-0.39, 0.29) is 24.2 Å². The van der Waals surface area contributed by atoms with Gasteiger partial charge in [0.2, 0.25) is 0 Å². The standard InChI is InChI=1S/C25H38O6/c1-8-19(29)31-18-11-13(2)20-17(28)12-25(7)10-9-16(27)14(3)21(25)23(30-15(4)26)22(18)24(20,5)6/h16-18,21-23,27-28H,3,8-12H2,1-2,4-7H3. The van der Waals surface area contributed by atoms with Crippen LogP contribution in [0.1, 0.15) is 73.6 Å². The van der Waals surface area contributed by atoms with Gasteiger partial charge in [0.25, 0.3) is 0 Å². The van der Waals surface area contributed by atoms with E-state index in [9.17, 15) is 19.8 Å². The number of carbonyl (C=O) groups is 2. The molecule has 174 valence electrons. The second kappa shape index (κ2) is 8.36. The summed E-state index contributed by atoms with van der Waals surface area (Å²) in [4.78, 5) is 24.6. The first kappa shape index (κ1) is 24.0. The lowest BCUT2D eigenvalue weighted by Gasteiger charge is -2.58. The number of esters is 2. The average molecular weight is 435 g/mol. The van der Waals surface area contributed by atoms with E-state index in [1.54, 1.807) is 6.92 Å². The van der Waals surface area contributed by atoms with Gasteiger partial charge >= 0.3 is 11.9 Å². The van der Waals surface area contributed by atoms with E-state index in [1.807, 2.05) is 20.8 Å². The first-order chi connectivity index (χ1) is 14.3. The molecule has 6 heteroatoms. The monoisotopic (exact) mass is 434 g/mol. The Balaban J connectivity index is 2.24. The van der Waals surface area contributed by atoms with Crippen molar-refractivity contribution in [2.24, 2.45) is 22.7 Å². The molecule has 0 aromatic rings. The Kier molecular flexibility index (Phi) is 6.47. The summed E-state index contributed by atoms with van der Waals surface area (Å²) in [6.45, 7) is 15.5. The van der Waals surface area contributed by atoms with Crippen LogP contribution < -0.4 is 0 Å². The summed E-state index contributed by atoms with van der Waals surface area (Å²) in [6.07, 6.45) is 0.0413. The van der Waals surface area contributed by atoms with Crippen LogP contribution in [0.4, 0.5) is 0 Å². The second-order valence-corrected chi connectivity index (χ2v) is 10.6. The normalized spacial score (nSPS) is 39.8. The van der Waals surface area contributed by atoms with Crippen molar-refractivity contribution in [3.63, 3.8) is 0 Å². The Morgan fingerprint density at radius 1 is 1.16 bits per heavy atom. The van der Waals surface area contributed by atoms with Gasteiger partial charge in [0.1, 0.15) is 12.2 Å². The second-order valence-electron chi connectivity index (χ2n) is 10.6. The number of aliphatic hydroxyl groups is 2. The van der Waals surface area contributed by atoms with Crippen LogP contribution in [0.15, 0.2) is 23.3 Å². The fraction of sp³-hybridized carbons (Fsp3) is 0.760. The number of fused-ring (bicyclic) bond motifs is 3. The van der Waals surface area contributed by atoms with Gasteiger partial charge in [0, 0.05) is 31.6 Å². The molecule has 2 saturated carbocycles. The van der Waals surface area contributed by atoms with Crippen molar-refractivity contribution in [3.05, 3.63) is 23.3 Å². The molecular formula is C25H38O6. The minimum Gasteiger partial charge on any atom is -0.462 e. The van der Waals surface area contributed by atoms with E-state index in [4.69, 9.17) is 9.47 Å². The molecule has 2 fully saturated rings. The van der Waals surface area contributed by atoms with Crippen molar-refractivity contribution in [2.45, 2.75) is 98.1 Å². The molecule has 3 aliphatic carbocycles. The minimum absolute atomic E-state index is 0.257. The van der Waals surface area contributed by atoms with Crippen LogP contribution in [0, 0.1) is 22.7 Å². The van der Waals surface area contributed by atoms with Crippen molar-refractivity contribution in [1.29, 1.82) is 0 Å². The van der Waals surface area contributed by atoms with E-state index in [1.165, 1.54) is 6.92 Å². The molecular weight excluding hydrogens is 396 g/mol. The molecule has 3 rings (SSSR count). The van der Waals surface area contributed by atoms with Gasteiger partial charge in [-0.25, -0.2) is 0 Å². The summed E-state index contributed by atoms with van der Waals surface area (Å²) in [5.74, 6) is -1.43. The first-order valence-electron chi connectivity index (χ1n) is 11.4. The van der Waals surface area contributed by atoms with E-state index < -0.39 is 41.2 Å². The van der Waals surface area contributed by atoms with Crippen molar-refractivity contribution in [3.8, 4) is 0 Å². The maximum absolute atomic E-state index is 12.3. The minimum atomic E-state index is -0.687. The Morgan fingerprint density at radius 2 is 1.81 bits per heavy atom. The van der Waals surface area contributed by atoms with Crippen LogP contribution >= 0.6 is 0 Å². The predicted molar refractivity (Wildman–Crippen MR) is 117 cm³/mol. The molecule has 6 nitrogen and oxygen atoms in total. The van der Waals surface area contributed by atoms with Crippen molar-refractivity contribution >= 4 is 11.9 Å². The number of ether oxygens (including phenoxy) is 2. The summed E-state index contributed by atoms with van der Waals surface area (Å²) in [5, 5.41) is 22.1. The van der Waals surface area contributed by atoms with Crippen molar-refractivity contribution in [1.82, 2.24) is 0 Å². The summed E-state index contributed by atoms with van der Waals surface area (Å²) in [7, 11) is 0. The van der Waals surface area contributed by atoms with Crippen LogP contribution in [-0.2, 0) is 19.1 Å². The Labute approximate surface area is 185 Å². The number of hydrogen-bond donors (Lipinski definition) is 2. The lowest BCUT2D eigenvalue weighted by atomic mass is 9.50. The summed E-state index contributed by atoms with van der Waals surface area (Å²) in [6, 6.07) is 0. The first-order valence-corrected chi connectivity index (χ1v) is 11.4. The lowest BCUT2D eigenvalue weighted by molar-refractivity contribution is -0.182. The SMILES string of the molecule is C=C1C(O)CCC2(C)CC(O)C3=C(C)CC(OC(=O)CC)C(C(OC(C)=O)C12)C3(C)C. The summed E-state index contributed by atoms with van der Waals surface area (Å²) >= 11 is 0. The van der Waals surface area contributed by atoms with Crippen molar-refractivity contribution in [2.75, 3.05) is 0 Å². The maximum atomic E-state index is 12.3. The molecule has 31 heavy (non-hydrogen) atoms. The number of aliphatic hydroxyl groups excluding tert-OH is 2. The molecule has 0 aliphatic heterocycles. The maximum Gasteiger partial charge on any atom is 0.305 e. The van der Waals surface area contributed by atoms with E-state index in [2.05, 4.69) is 13.5 Å². The Morgan fingerprint density at radius 3 is 2.39 bits per heavy atom. The van der Waals surface area contributed by atoms with Crippen LogP contribution in [-0.4, -0.2) is 46.6 Å².